The van der Waals surface area contributed by atoms with Gasteiger partial charge in [-0.25, -0.2) is 37.0 Å². The predicted molar refractivity (Wildman–Crippen MR) is 218 cm³/mol. The summed E-state index contributed by atoms with van der Waals surface area (Å²) >= 11 is 0. The molecule has 2 aliphatic heterocycles. The minimum atomic E-state index is -5.86. The molecule has 48 heteroatoms. The molecule has 20 N–H and O–H groups in total. The Hall–Kier alpha value is -2.92. The van der Waals surface area contributed by atoms with Gasteiger partial charge >= 0.3 is 70.4 Å². The third-order valence-electron chi connectivity index (χ3n) is 8.31. The number of aliphatic hydroxyl groups is 4. The summed E-state index contributed by atoms with van der Waals surface area (Å²) in [6.07, 6.45) is -18.1. The molecule has 0 spiro atoms. The maximum Gasteiger partial charge on any atom is 0.490 e. The molecule has 2 saturated heterocycles. The highest BCUT2D eigenvalue weighted by Gasteiger charge is 2.49. The molecule has 2 aliphatic rings. The lowest BCUT2D eigenvalue weighted by molar-refractivity contribution is -0.184. The summed E-state index contributed by atoms with van der Waals surface area (Å²) in [6.45, 7) is -3.21. The van der Waals surface area contributed by atoms with Gasteiger partial charge in [0.1, 0.15) is 36.6 Å². The van der Waals surface area contributed by atoms with Crippen LogP contribution in [-0.4, -0.2) is 165 Å². The Bertz CT molecular complexity index is 2760. The molecule has 0 aliphatic carbocycles. The molecule has 0 radical (unpaired) electrons. The zero-order valence-corrected chi connectivity index (χ0v) is 41.0. The van der Waals surface area contributed by atoms with Crippen LogP contribution in [0.2, 0.25) is 0 Å². The fraction of sp³-hybridized carbons (Fsp3) is 0.625. The average molecular weight is 1190 g/mol. The van der Waals surface area contributed by atoms with Gasteiger partial charge in [0.2, 0.25) is 0 Å². The Morgan fingerprint density at radius 1 is 0.667 bits per heavy atom. The van der Waals surface area contributed by atoms with Gasteiger partial charge in [0, 0.05) is 31.5 Å². The van der Waals surface area contributed by atoms with Crippen LogP contribution in [0, 0.1) is 0 Å². The number of nitrogens with zero attached hydrogens (tertiary/aromatic N) is 3. The second kappa shape index (κ2) is 25.3. The number of alkyl halides is 3. The Morgan fingerprint density at radius 2 is 1.01 bits per heavy atom. The van der Waals surface area contributed by atoms with Crippen molar-refractivity contribution in [2.45, 2.75) is 68.3 Å². The first-order chi connectivity index (χ1) is 31.6. The van der Waals surface area contributed by atoms with E-state index in [1.165, 1.54) is 7.05 Å². The van der Waals surface area contributed by atoms with Gasteiger partial charge in [-0.3, -0.25) is 42.5 Å². The van der Waals surface area contributed by atoms with Gasteiger partial charge in [0.15, 0.2) is 12.5 Å². The maximum atomic E-state index is 12.6. The molecule has 1 amide bonds. The smallest absolute Gasteiger partial charge is 0.412 e. The van der Waals surface area contributed by atoms with Crippen molar-refractivity contribution in [3.8, 4) is 0 Å². The number of aromatic amines is 2. The molecule has 4 heterocycles. The number of nitrogens with one attached hydrogen (secondary N) is 3. The molecular formula is C24H44F3N7O32P6. The number of H-pyrrole nitrogens is 2. The quantitative estimate of drug-likeness (QED) is 0.0550. The third kappa shape index (κ3) is 19.7. The number of phosphoric ester groups is 2. The van der Waals surface area contributed by atoms with Crippen LogP contribution in [0.25, 0.3) is 0 Å². The molecule has 4 rings (SSSR count). The number of aromatic nitrogens is 4. The van der Waals surface area contributed by atoms with Crippen LogP contribution in [0.15, 0.2) is 31.6 Å². The van der Waals surface area contributed by atoms with Gasteiger partial charge < -0.3 is 90.9 Å². The lowest BCUT2D eigenvalue weighted by Crippen LogP contribution is -2.42. The summed E-state index contributed by atoms with van der Waals surface area (Å²) in [4.78, 5) is 134. The first kappa shape index (κ1) is 67.1. The van der Waals surface area contributed by atoms with E-state index in [-0.39, 0.29) is 28.6 Å². The van der Waals surface area contributed by atoms with Crippen molar-refractivity contribution in [2.75, 3.05) is 27.3 Å². The Kier molecular flexibility index (Phi) is 23.6. The van der Waals surface area contributed by atoms with Gasteiger partial charge in [-0.05, 0) is 7.05 Å². The van der Waals surface area contributed by atoms with Crippen LogP contribution in [-0.2, 0) is 81.0 Å². The number of rotatable bonds is 20. The minimum Gasteiger partial charge on any atom is -0.412 e. The standard InChI is InChI=1S/C13H19F3N3O16P3.C11H20N3O15P3.H3N.H2O/c1-18(11(23)13(14,15)16)2-5-3-19(12(24)17-9(5)22)10-8(21)7(20)6(33-10)4-32-37(28,29)35-38(30,31)34-36(25,26)27;1-12-2-5-3-14(11(18)13-9(5)17)10-8(16)7(15)6(27-10)4-26-31(22,23)29-32(24,25)28-30(19,20)21;;/h3,6-8,10,20-21H,2,4H2,1H3,(H,28,29)(H,30,31)(H,17,22,24)(H2,25,26,27);3,6-8,10,12,15-16H,2,4H2,1H3,(H,22,23)(H,24,25)(H,13,17,18)(H2,19,20,21);1H3;1H2/t2*6-,7+,8?,10-;;/m11../s1. The Balaban J connectivity index is 0.000000710. The van der Waals surface area contributed by atoms with Crippen molar-refractivity contribution >= 4 is 52.8 Å². The van der Waals surface area contributed by atoms with Gasteiger partial charge in [-0.1, -0.05) is 0 Å². The third-order valence-corrected chi connectivity index (χ3v) is 15.9. The van der Waals surface area contributed by atoms with Gasteiger partial charge in [-0.15, -0.1) is 0 Å². The maximum absolute atomic E-state index is 12.6. The Labute approximate surface area is 395 Å². The number of carbonyl (C=O) groups excluding carboxylic acids is 1. The van der Waals surface area contributed by atoms with E-state index in [1.807, 2.05) is 4.98 Å². The summed E-state index contributed by atoms with van der Waals surface area (Å²) in [5.41, 5.74) is -4.73. The van der Waals surface area contributed by atoms with Crippen LogP contribution < -0.4 is 34.0 Å². The lowest BCUT2D eigenvalue weighted by Gasteiger charge is -2.21. The predicted octanol–water partition coefficient (Wildman–Crippen LogP) is -5.42. The van der Waals surface area contributed by atoms with Crippen molar-refractivity contribution in [1.29, 1.82) is 0 Å². The molecular weight excluding hydrogens is 1140 g/mol. The normalized spacial score (nSPS) is 25.8. The number of hydrogen-bond donors (Lipinski definition) is 16. The van der Waals surface area contributed by atoms with E-state index in [0.717, 1.165) is 10.8 Å². The Morgan fingerprint density at radius 3 is 1.35 bits per heavy atom. The molecule has 2 aromatic heterocycles. The van der Waals surface area contributed by atoms with Crippen molar-refractivity contribution in [3.05, 3.63) is 65.2 Å². The van der Waals surface area contributed by atoms with Gasteiger partial charge in [0.05, 0.1) is 25.3 Å². The van der Waals surface area contributed by atoms with E-state index in [1.54, 1.807) is 4.98 Å². The van der Waals surface area contributed by atoms with Crippen LogP contribution in [0.5, 0.6) is 0 Å². The average Bonchev–Trinajstić information content (AvgIpc) is 3.60. The number of hydrogen-bond acceptors (Lipinski definition) is 25. The number of halogens is 3. The molecule has 0 bridgehead atoms. The van der Waals surface area contributed by atoms with E-state index in [2.05, 4.69) is 31.6 Å². The highest BCUT2D eigenvalue weighted by molar-refractivity contribution is 7.67. The fourth-order valence-corrected chi connectivity index (χ4v) is 11.6. The van der Waals surface area contributed by atoms with Crippen LogP contribution in [0.1, 0.15) is 23.6 Å². The summed E-state index contributed by atoms with van der Waals surface area (Å²) < 4.78 is 140. The topological polar surface area (TPSA) is 628 Å². The lowest BCUT2D eigenvalue weighted by atomic mass is 10.1. The van der Waals surface area contributed by atoms with E-state index in [0.29, 0.717) is 17.8 Å². The summed E-state index contributed by atoms with van der Waals surface area (Å²) in [6, 6.07) is 0. The molecule has 2 fully saturated rings. The summed E-state index contributed by atoms with van der Waals surface area (Å²) in [5.74, 6) is -2.33. The number of ether oxygens (including phenoxy) is 2. The molecule has 0 aromatic carbocycles. The zero-order valence-electron chi connectivity index (χ0n) is 35.6. The summed E-state index contributed by atoms with van der Waals surface area (Å²) in [7, 11) is -31.8. The molecule has 39 nitrogen and oxygen atoms in total. The minimum absolute atomic E-state index is 0. The van der Waals surface area contributed by atoms with Crippen molar-refractivity contribution in [3.63, 3.8) is 0 Å². The molecule has 6 unspecified atom stereocenters. The van der Waals surface area contributed by atoms with Crippen molar-refractivity contribution in [2.24, 2.45) is 0 Å². The van der Waals surface area contributed by atoms with E-state index < -0.39 is 156 Å². The van der Waals surface area contributed by atoms with Gasteiger partial charge in [0.25, 0.3) is 11.1 Å². The van der Waals surface area contributed by atoms with E-state index in [9.17, 15) is 94.7 Å². The monoisotopic (exact) mass is 1190 g/mol. The van der Waals surface area contributed by atoms with E-state index >= 15 is 0 Å². The number of phosphoric acid groups is 6. The molecule has 418 valence electrons. The number of carbonyl (C=O) groups is 1. The van der Waals surface area contributed by atoms with E-state index in [4.69, 9.17) is 38.8 Å². The zero-order chi connectivity index (χ0) is 53.9. The van der Waals surface area contributed by atoms with Crippen LogP contribution in [0.4, 0.5) is 13.2 Å². The summed E-state index contributed by atoms with van der Waals surface area (Å²) in [5, 5.41) is 43.3. The highest BCUT2D eigenvalue weighted by atomic mass is 31.3. The van der Waals surface area contributed by atoms with Crippen LogP contribution >= 0.6 is 46.9 Å². The van der Waals surface area contributed by atoms with Gasteiger partial charge in [-0.2, -0.15) is 30.4 Å². The van der Waals surface area contributed by atoms with Crippen LogP contribution in [0.3, 0.4) is 0 Å². The molecule has 2 aromatic rings. The van der Waals surface area contributed by atoms with Crippen molar-refractivity contribution in [1.82, 2.24) is 35.5 Å². The largest absolute Gasteiger partial charge is 0.490 e. The van der Waals surface area contributed by atoms with Crippen molar-refractivity contribution < 1.29 is 146 Å². The second-order valence-corrected chi connectivity index (χ2v) is 22.5. The first-order valence-electron chi connectivity index (χ1n) is 17.8. The molecule has 12 atom stereocenters. The second-order valence-electron chi connectivity index (χ2n) is 13.7. The SMILES string of the molecule is CN(Cc1cn([C@@H]2O[C@H](COP(=O)(O)OP(=O)(O)OP(=O)(O)O)[C@H](O)C2O)c(=O)[nH]c1=O)C(=O)C(F)(F)F.CNCc1cn([C@@H]2O[C@H](COP(=O)(O)OP(=O)(O)OP(=O)(O)O)[C@H](O)C2O)c(=O)[nH]c1=O.N.O. The molecule has 72 heavy (non-hydrogen) atoms. The fourth-order valence-electron chi connectivity index (χ4n) is 5.54. The first-order valence-corrected chi connectivity index (χ1v) is 26.9. The number of aliphatic hydroxyl groups excluding tert-OH is 4. The number of amides is 1. The highest BCUT2D eigenvalue weighted by Crippen LogP contribution is 2.67. The molecule has 0 saturated carbocycles.